The van der Waals surface area contributed by atoms with Crippen LogP contribution >= 0.6 is 0 Å². The molecule has 0 aromatic carbocycles. The summed E-state index contributed by atoms with van der Waals surface area (Å²) in [5.74, 6) is 2.61. The summed E-state index contributed by atoms with van der Waals surface area (Å²) in [4.78, 5) is 13.4. The van der Waals surface area contributed by atoms with Crippen LogP contribution in [0.25, 0.3) is 0 Å². The lowest BCUT2D eigenvalue weighted by Gasteiger charge is -2.33. The molecular weight excluding hydrogens is 310 g/mol. The largest absolute Gasteiger partial charge is 0.339 e. The Kier molecular flexibility index (Phi) is 4.93. The van der Waals surface area contributed by atoms with Crippen molar-refractivity contribution >= 4 is 0 Å². The first kappa shape index (κ1) is 17.0. The van der Waals surface area contributed by atoms with E-state index in [9.17, 15) is 0 Å². The molecular formula is C15H25N7O2. The van der Waals surface area contributed by atoms with E-state index >= 15 is 0 Å². The van der Waals surface area contributed by atoms with Gasteiger partial charge in [0.25, 0.3) is 0 Å². The first-order valence-electron chi connectivity index (χ1n) is 8.23. The summed E-state index contributed by atoms with van der Waals surface area (Å²) >= 11 is 0. The third-order valence-electron chi connectivity index (χ3n) is 3.99. The van der Waals surface area contributed by atoms with Gasteiger partial charge in [-0.2, -0.15) is 9.97 Å². The lowest BCUT2D eigenvalue weighted by Crippen LogP contribution is -2.45. The highest BCUT2D eigenvalue weighted by molar-refractivity contribution is 4.98. The van der Waals surface area contributed by atoms with Gasteiger partial charge in [-0.3, -0.25) is 9.80 Å². The zero-order valence-corrected chi connectivity index (χ0v) is 14.5. The normalized spacial score (nSPS) is 17.5. The molecule has 0 spiro atoms. The molecule has 0 radical (unpaired) electrons. The van der Waals surface area contributed by atoms with Crippen molar-refractivity contribution in [3.63, 3.8) is 0 Å². The summed E-state index contributed by atoms with van der Waals surface area (Å²) in [7, 11) is 0. The van der Waals surface area contributed by atoms with Crippen molar-refractivity contribution in [3.05, 3.63) is 23.4 Å². The van der Waals surface area contributed by atoms with Crippen LogP contribution in [-0.2, 0) is 25.0 Å². The quantitative estimate of drug-likeness (QED) is 0.836. The molecule has 24 heavy (non-hydrogen) atoms. The molecule has 0 bridgehead atoms. The second-order valence-electron chi connectivity index (χ2n) is 7.13. The lowest BCUT2D eigenvalue weighted by molar-refractivity contribution is 0.116. The predicted octanol–water partition coefficient (Wildman–Crippen LogP) is 0.527. The van der Waals surface area contributed by atoms with Crippen LogP contribution in [0.15, 0.2) is 9.05 Å². The van der Waals surface area contributed by atoms with E-state index in [0.29, 0.717) is 30.7 Å². The number of nitrogens with zero attached hydrogens (tertiary/aromatic N) is 6. The van der Waals surface area contributed by atoms with Crippen LogP contribution in [0.2, 0.25) is 0 Å². The second-order valence-corrected chi connectivity index (χ2v) is 7.13. The monoisotopic (exact) mass is 335 g/mol. The molecule has 0 aliphatic carbocycles. The van der Waals surface area contributed by atoms with Gasteiger partial charge in [-0.15, -0.1) is 0 Å². The van der Waals surface area contributed by atoms with Gasteiger partial charge in [-0.05, 0) is 0 Å². The van der Waals surface area contributed by atoms with Gasteiger partial charge in [-0.1, -0.05) is 31.1 Å². The van der Waals surface area contributed by atoms with Crippen molar-refractivity contribution in [2.45, 2.75) is 45.8 Å². The minimum atomic E-state index is -0.114. The molecule has 9 heteroatoms. The summed E-state index contributed by atoms with van der Waals surface area (Å²) in [5, 5.41) is 8.03. The molecule has 132 valence electrons. The van der Waals surface area contributed by atoms with Crippen LogP contribution in [0, 0.1) is 0 Å². The number of aromatic nitrogens is 4. The molecule has 0 atom stereocenters. The minimum absolute atomic E-state index is 0.114. The Bertz CT molecular complexity index is 653. The molecule has 9 nitrogen and oxygen atoms in total. The zero-order chi connectivity index (χ0) is 17.2. The fourth-order valence-electron chi connectivity index (χ4n) is 2.57. The summed E-state index contributed by atoms with van der Waals surface area (Å²) in [6.45, 7) is 11.7. The van der Waals surface area contributed by atoms with Crippen molar-refractivity contribution in [2.75, 3.05) is 26.2 Å². The molecule has 1 aliphatic rings. The van der Waals surface area contributed by atoms with Crippen LogP contribution in [0.4, 0.5) is 0 Å². The number of hydrogen-bond acceptors (Lipinski definition) is 9. The van der Waals surface area contributed by atoms with E-state index in [4.69, 9.17) is 14.8 Å². The molecule has 1 aliphatic heterocycles. The highest BCUT2D eigenvalue weighted by Gasteiger charge is 2.24. The van der Waals surface area contributed by atoms with Gasteiger partial charge in [-0.25, -0.2) is 0 Å². The molecule has 0 amide bonds. The Morgan fingerprint density at radius 1 is 0.917 bits per heavy atom. The highest BCUT2D eigenvalue weighted by Crippen LogP contribution is 2.20. The van der Waals surface area contributed by atoms with Gasteiger partial charge in [0.05, 0.1) is 19.6 Å². The van der Waals surface area contributed by atoms with E-state index in [1.807, 2.05) is 0 Å². The Labute approximate surface area is 141 Å². The molecule has 0 saturated carbocycles. The van der Waals surface area contributed by atoms with E-state index in [1.54, 1.807) is 0 Å². The van der Waals surface area contributed by atoms with Gasteiger partial charge in [0.1, 0.15) is 0 Å². The number of piperazine rings is 1. The van der Waals surface area contributed by atoms with E-state index in [1.165, 1.54) is 0 Å². The van der Waals surface area contributed by atoms with E-state index in [-0.39, 0.29) is 12.0 Å². The molecule has 3 heterocycles. The molecule has 1 saturated heterocycles. The fraction of sp³-hybridized carbons (Fsp3) is 0.733. The molecule has 1 fully saturated rings. The minimum Gasteiger partial charge on any atom is -0.339 e. The van der Waals surface area contributed by atoms with Crippen LogP contribution in [0.5, 0.6) is 0 Å². The van der Waals surface area contributed by atoms with E-state index in [2.05, 4.69) is 50.9 Å². The second kappa shape index (κ2) is 6.96. The van der Waals surface area contributed by atoms with Crippen molar-refractivity contribution in [1.82, 2.24) is 30.1 Å². The van der Waals surface area contributed by atoms with E-state index < -0.39 is 0 Å². The van der Waals surface area contributed by atoms with Gasteiger partial charge in [0.2, 0.25) is 11.8 Å². The fourth-order valence-corrected chi connectivity index (χ4v) is 2.57. The van der Waals surface area contributed by atoms with Crippen LogP contribution < -0.4 is 5.73 Å². The summed E-state index contributed by atoms with van der Waals surface area (Å²) in [6, 6.07) is 0. The smallest absolute Gasteiger partial charge is 0.240 e. The average Bonchev–Trinajstić information content (AvgIpc) is 3.18. The number of nitrogens with two attached hydrogens (primary N) is 1. The maximum atomic E-state index is 5.48. The Morgan fingerprint density at radius 2 is 1.46 bits per heavy atom. The Hall–Kier alpha value is -1.84. The van der Waals surface area contributed by atoms with Gasteiger partial charge < -0.3 is 14.8 Å². The third-order valence-corrected chi connectivity index (χ3v) is 3.99. The molecule has 2 aromatic heterocycles. The lowest BCUT2D eigenvalue weighted by atomic mass is 9.97. The summed E-state index contributed by atoms with van der Waals surface area (Å²) in [5.41, 5.74) is 5.37. The van der Waals surface area contributed by atoms with Gasteiger partial charge >= 0.3 is 0 Å². The first-order valence-corrected chi connectivity index (χ1v) is 8.23. The van der Waals surface area contributed by atoms with Crippen LogP contribution in [-0.4, -0.2) is 56.3 Å². The third kappa shape index (κ3) is 4.16. The molecule has 2 N–H and O–H groups in total. The molecule has 0 unspecified atom stereocenters. The van der Waals surface area contributed by atoms with Crippen molar-refractivity contribution < 1.29 is 9.05 Å². The highest BCUT2D eigenvalue weighted by atomic mass is 16.5. The van der Waals surface area contributed by atoms with Crippen molar-refractivity contribution in [1.29, 1.82) is 0 Å². The SMILES string of the molecule is CC(C)(C)c1nc(CN2CCN(Cc3noc(CN)n3)CC2)no1. The van der Waals surface area contributed by atoms with E-state index in [0.717, 1.165) is 32.0 Å². The average molecular weight is 335 g/mol. The first-order chi connectivity index (χ1) is 11.4. The topological polar surface area (TPSA) is 110 Å². The molecule has 3 rings (SSSR count). The zero-order valence-electron chi connectivity index (χ0n) is 14.5. The van der Waals surface area contributed by atoms with Crippen molar-refractivity contribution in [3.8, 4) is 0 Å². The standard InChI is InChI=1S/C15H25N7O2/c1-15(2,3)14-18-12(20-24-14)10-22-6-4-21(5-7-22)9-11-17-13(8-16)23-19-11/h4-10,16H2,1-3H3. The number of hydrogen-bond donors (Lipinski definition) is 1. The Balaban J connectivity index is 1.47. The van der Waals surface area contributed by atoms with Gasteiger partial charge in [0.15, 0.2) is 11.6 Å². The van der Waals surface area contributed by atoms with Crippen molar-refractivity contribution in [2.24, 2.45) is 5.73 Å². The Morgan fingerprint density at radius 3 is 1.92 bits per heavy atom. The maximum Gasteiger partial charge on any atom is 0.240 e. The van der Waals surface area contributed by atoms with Crippen LogP contribution in [0.1, 0.15) is 44.2 Å². The van der Waals surface area contributed by atoms with Gasteiger partial charge in [0, 0.05) is 31.6 Å². The summed E-state index contributed by atoms with van der Waals surface area (Å²) < 4.78 is 10.4. The molecule has 2 aromatic rings. The number of rotatable bonds is 5. The maximum absolute atomic E-state index is 5.48. The predicted molar refractivity (Wildman–Crippen MR) is 85.7 cm³/mol. The summed E-state index contributed by atoms with van der Waals surface area (Å²) in [6.07, 6.45) is 0. The van der Waals surface area contributed by atoms with Crippen LogP contribution in [0.3, 0.4) is 0 Å².